The predicted molar refractivity (Wildman–Crippen MR) is 95.0 cm³/mol. The highest BCUT2D eigenvalue weighted by Gasteiger charge is 2.23. The molecule has 1 saturated heterocycles. The van der Waals surface area contributed by atoms with Crippen molar-refractivity contribution in [2.45, 2.75) is 32.7 Å². The summed E-state index contributed by atoms with van der Waals surface area (Å²) in [5.74, 6) is 0.218. The first kappa shape index (κ1) is 14.9. The Morgan fingerprint density at radius 1 is 1.17 bits per heavy atom. The molecule has 2 aliphatic rings. The van der Waals surface area contributed by atoms with Gasteiger partial charge in [-0.2, -0.15) is 0 Å². The fraction of sp³-hybridized carbons (Fsp3) is 0.421. The van der Waals surface area contributed by atoms with Crippen LogP contribution >= 0.6 is 11.3 Å². The average molecular weight is 326 g/mol. The molecule has 0 bridgehead atoms. The van der Waals surface area contributed by atoms with Crippen molar-refractivity contribution in [2.75, 3.05) is 19.6 Å². The molecule has 0 radical (unpaired) electrons. The molecule has 0 spiro atoms. The number of likely N-dealkylation sites (tertiary alicyclic amines) is 1. The molecule has 23 heavy (non-hydrogen) atoms. The van der Waals surface area contributed by atoms with Crippen molar-refractivity contribution in [3.63, 3.8) is 0 Å². The predicted octanol–water partition coefficient (Wildman–Crippen LogP) is 3.61. The molecule has 0 unspecified atom stereocenters. The highest BCUT2D eigenvalue weighted by molar-refractivity contribution is 7.17. The summed E-state index contributed by atoms with van der Waals surface area (Å²) in [5.41, 5.74) is 5.19. The summed E-state index contributed by atoms with van der Waals surface area (Å²) < 4.78 is 0. The molecular weight excluding hydrogens is 304 g/mol. The Bertz CT molecular complexity index is 744. The number of aryl methyl sites for hydroxylation is 1. The fourth-order valence-electron chi connectivity index (χ4n) is 3.53. The Kier molecular flexibility index (Phi) is 3.95. The molecule has 0 saturated carbocycles. The maximum Gasteiger partial charge on any atom is 0.264 e. The minimum Gasteiger partial charge on any atom is -0.338 e. The van der Waals surface area contributed by atoms with Gasteiger partial charge in [-0.25, -0.2) is 0 Å². The Labute approximate surface area is 141 Å². The molecule has 4 heteroatoms. The van der Waals surface area contributed by atoms with E-state index in [0.717, 1.165) is 55.9 Å². The van der Waals surface area contributed by atoms with Gasteiger partial charge in [-0.05, 0) is 67.1 Å². The van der Waals surface area contributed by atoms with E-state index in [9.17, 15) is 4.79 Å². The molecule has 3 nitrogen and oxygen atoms in total. The Morgan fingerprint density at radius 3 is 2.83 bits per heavy atom. The van der Waals surface area contributed by atoms with Crippen LogP contribution < -0.4 is 5.32 Å². The number of carbonyl (C=O) groups is 1. The zero-order valence-corrected chi connectivity index (χ0v) is 14.3. The first-order valence-electron chi connectivity index (χ1n) is 8.45. The lowest BCUT2D eigenvalue weighted by atomic mass is 9.98. The second-order valence-corrected chi connectivity index (χ2v) is 7.58. The molecule has 1 amide bonds. The van der Waals surface area contributed by atoms with Crippen molar-refractivity contribution < 1.29 is 4.79 Å². The number of rotatable bonds is 2. The molecular formula is C19H22N2OS. The second-order valence-electron chi connectivity index (χ2n) is 6.53. The summed E-state index contributed by atoms with van der Waals surface area (Å²) in [7, 11) is 0. The Hall–Kier alpha value is -1.65. The van der Waals surface area contributed by atoms with Crippen LogP contribution in [-0.4, -0.2) is 30.4 Å². The third kappa shape index (κ3) is 2.81. The first-order valence-corrected chi connectivity index (χ1v) is 9.26. The number of hydrogen-bond donors (Lipinski definition) is 1. The van der Waals surface area contributed by atoms with Crippen LogP contribution in [0.2, 0.25) is 0 Å². The van der Waals surface area contributed by atoms with Gasteiger partial charge in [-0.15, -0.1) is 11.3 Å². The monoisotopic (exact) mass is 326 g/mol. The van der Waals surface area contributed by atoms with Gasteiger partial charge in [0.1, 0.15) is 0 Å². The lowest BCUT2D eigenvalue weighted by molar-refractivity contribution is 0.0797. The first-order chi connectivity index (χ1) is 11.2. The van der Waals surface area contributed by atoms with Gasteiger partial charge in [-0.1, -0.05) is 12.1 Å². The summed E-state index contributed by atoms with van der Waals surface area (Å²) in [5, 5.41) is 3.43. The summed E-state index contributed by atoms with van der Waals surface area (Å²) in [6.07, 6.45) is 3.39. The van der Waals surface area contributed by atoms with Gasteiger partial charge in [-0.3, -0.25) is 4.79 Å². The van der Waals surface area contributed by atoms with Gasteiger partial charge < -0.3 is 10.2 Å². The zero-order valence-electron chi connectivity index (χ0n) is 13.5. The highest BCUT2D eigenvalue weighted by Crippen LogP contribution is 2.34. The Morgan fingerprint density at radius 2 is 2.00 bits per heavy atom. The van der Waals surface area contributed by atoms with Crippen LogP contribution in [0.5, 0.6) is 0 Å². The van der Waals surface area contributed by atoms with Crippen LogP contribution in [0.1, 0.15) is 39.2 Å². The summed E-state index contributed by atoms with van der Waals surface area (Å²) >= 11 is 1.65. The van der Waals surface area contributed by atoms with Gasteiger partial charge in [0.15, 0.2) is 0 Å². The van der Waals surface area contributed by atoms with Crippen LogP contribution in [-0.2, 0) is 13.0 Å². The Balaban J connectivity index is 1.65. The molecule has 1 fully saturated rings. The SMILES string of the molecule is Cc1cc(-c2ccc3c(c2)CNCC3)sc1C(=O)N1CCCC1. The van der Waals surface area contributed by atoms with Crippen molar-refractivity contribution in [1.82, 2.24) is 10.2 Å². The number of fused-ring (bicyclic) bond motifs is 1. The topological polar surface area (TPSA) is 32.3 Å². The number of hydrogen-bond acceptors (Lipinski definition) is 3. The van der Waals surface area contributed by atoms with Crippen LogP contribution in [0.25, 0.3) is 10.4 Å². The van der Waals surface area contributed by atoms with E-state index in [2.05, 4.69) is 36.5 Å². The van der Waals surface area contributed by atoms with Crippen LogP contribution in [0.15, 0.2) is 24.3 Å². The molecule has 1 aromatic heterocycles. The van der Waals surface area contributed by atoms with Crippen molar-refractivity contribution >= 4 is 17.2 Å². The van der Waals surface area contributed by atoms with E-state index in [-0.39, 0.29) is 5.91 Å². The van der Waals surface area contributed by atoms with Gasteiger partial charge in [0.05, 0.1) is 4.88 Å². The molecule has 1 aromatic carbocycles. The van der Waals surface area contributed by atoms with Crippen molar-refractivity contribution in [3.8, 4) is 10.4 Å². The van der Waals surface area contributed by atoms with Gasteiger partial charge in [0, 0.05) is 24.5 Å². The van der Waals surface area contributed by atoms with Crippen molar-refractivity contribution in [2.24, 2.45) is 0 Å². The summed E-state index contributed by atoms with van der Waals surface area (Å²) in [4.78, 5) is 16.8. The van der Waals surface area contributed by atoms with E-state index in [1.165, 1.54) is 21.6 Å². The minimum absolute atomic E-state index is 0.218. The van der Waals surface area contributed by atoms with E-state index in [0.29, 0.717) is 0 Å². The van der Waals surface area contributed by atoms with Crippen LogP contribution in [0.3, 0.4) is 0 Å². The fourth-order valence-corrected chi connectivity index (χ4v) is 4.67. The van der Waals surface area contributed by atoms with Gasteiger partial charge >= 0.3 is 0 Å². The molecule has 0 atom stereocenters. The number of nitrogens with zero attached hydrogens (tertiary/aromatic N) is 1. The lowest BCUT2D eigenvalue weighted by Crippen LogP contribution is -2.27. The third-order valence-electron chi connectivity index (χ3n) is 4.88. The average Bonchev–Trinajstić information content (AvgIpc) is 3.23. The summed E-state index contributed by atoms with van der Waals surface area (Å²) in [6, 6.07) is 8.92. The molecule has 4 rings (SSSR count). The normalized spacial score (nSPS) is 17.3. The molecule has 1 N–H and O–H groups in total. The largest absolute Gasteiger partial charge is 0.338 e. The van der Waals surface area contributed by atoms with E-state index in [1.807, 2.05) is 4.90 Å². The van der Waals surface area contributed by atoms with E-state index < -0.39 is 0 Å². The number of thiophene rings is 1. The lowest BCUT2D eigenvalue weighted by Gasteiger charge is -2.17. The van der Waals surface area contributed by atoms with E-state index >= 15 is 0 Å². The van der Waals surface area contributed by atoms with E-state index in [4.69, 9.17) is 0 Å². The number of nitrogens with one attached hydrogen (secondary N) is 1. The summed E-state index contributed by atoms with van der Waals surface area (Å²) in [6.45, 7) is 5.90. The third-order valence-corrected chi connectivity index (χ3v) is 6.16. The maximum absolute atomic E-state index is 12.7. The number of carbonyl (C=O) groups excluding carboxylic acids is 1. The van der Waals surface area contributed by atoms with Gasteiger partial charge in [0.2, 0.25) is 0 Å². The van der Waals surface area contributed by atoms with E-state index in [1.54, 1.807) is 11.3 Å². The van der Waals surface area contributed by atoms with Crippen molar-refractivity contribution in [1.29, 1.82) is 0 Å². The van der Waals surface area contributed by atoms with Gasteiger partial charge in [0.25, 0.3) is 5.91 Å². The smallest absolute Gasteiger partial charge is 0.264 e. The van der Waals surface area contributed by atoms with Crippen LogP contribution in [0.4, 0.5) is 0 Å². The molecule has 2 aliphatic heterocycles. The number of amides is 1. The second kappa shape index (κ2) is 6.10. The quantitative estimate of drug-likeness (QED) is 0.914. The van der Waals surface area contributed by atoms with Crippen LogP contribution in [0, 0.1) is 6.92 Å². The molecule has 120 valence electrons. The number of benzene rings is 1. The molecule has 2 aromatic rings. The zero-order chi connectivity index (χ0) is 15.8. The molecule has 3 heterocycles. The minimum atomic E-state index is 0.218. The van der Waals surface area contributed by atoms with Crippen molar-refractivity contribution in [3.05, 3.63) is 45.8 Å². The standard InChI is InChI=1S/C19H22N2OS/c1-13-10-17(23-18(13)19(22)21-8-2-3-9-21)15-5-4-14-6-7-20-12-16(14)11-15/h4-5,10-11,20H,2-3,6-9,12H2,1H3. The highest BCUT2D eigenvalue weighted by atomic mass is 32.1. The maximum atomic E-state index is 12.7. The molecule has 0 aliphatic carbocycles.